The van der Waals surface area contributed by atoms with Gasteiger partial charge < -0.3 is 0 Å². The van der Waals surface area contributed by atoms with Crippen LogP contribution in [0.4, 0.5) is 11.5 Å². The first kappa shape index (κ1) is 12.9. The molecule has 0 saturated carbocycles. The van der Waals surface area contributed by atoms with E-state index in [1.165, 1.54) is 18.3 Å². The molecule has 0 aliphatic rings. The van der Waals surface area contributed by atoms with Crippen LogP contribution in [0.15, 0.2) is 41.5 Å². The van der Waals surface area contributed by atoms with Gasteiger partial charge in [0, 0.05) is 17.7 Å². The molecular weight excluding hydrogens is 270 g/mol. The molecule has 7 nitrogen and oxygen atoms in total. The SMILES string of the molecule is O=[N+]([O-])c1cccc(/C=N\Nc2ccc(Cl)nn2)c1. The molecule has 2 rings (SSSR count). The van der Waals surface area contributed by atoms with Crippen molar-refractivity contribution in [2.75, 3.05) is 5.43 Å². The van der Waals surface area contributed by atoms with Crippen molar-refractivity contribution in [1.29, 1.82) is 0 Å². The monoisotopic (exact) mass is 277 g/mol. The highest BCUT2D eigenvalue weighted by molar-refractivity contribution is 6.29. The van der Waals surface area contributed by atoms with Crippen LogP contribution in [-0.4, -0.2) is 21.3 Å². The van der Waals surface area contributed by atoms with E-state index in [1.807, 2.05) is 0 Å². The Morgan fingerprint density at radius 3 is 2.84 bits per heavy atom. The zero-order chi connectivity index (χ0) is 13.7. The predicted octanol–water partition coefficient (Wildman–Crippen LogP) is 2.48. The summed E-state index contributed by atoms with van der Waals surface area (Å²) in [7, 11) is 0. The molecule has 1 aromatic heterocycles. The lowest BCUT2D eigenvalue weighted by Crippen LogP contribution is -1.95. The van der Waals surface area contributed by atoms with E-state index in [9.17, 15) is 10.1 Å². The fourth-order valence-corrected chi connectivity index (χ4v) is 1.37. The molecule has 0 spiro atoms. The Kier molecular flexibility index (Phi) is 3.99. The van der Waals surface area contributed by atoms with E-state index < -0.39 is 4.92 Å². The number of rotatable bonds is 4. The molecule has 0 atom stereocenters. The van der Waals surface area contributed by atoms with Gasteiger partial charge >= 0.3 is 0 Å². The van der Waals surface area contributed by atoms with E-state index in [4.69, 9.17) is 11.6 Å². The fourth-order valence-electron chi connectivity index (χ4n) is 1.27. The molecule has 0 bridgehead atoms. The standard InChI is InChI=1S/C11H8ClN5O2/c12-10-4-5-11(16-14-10)15-13-7-8-2-1-3-9(6-8)17(18)19/h1-7H,(H,15,16)/b13-7-. The zero-order valence-corrected chi connectivity index (χ0v) is 10.3. The van der Waals surface area contributed by atoms with Crippen LogP contribution in [-0.2, 0) is 0 Å². The van der Waals surface area contributed by atoms with Gasteiger partial charge in [-0.3, -0.25) is 15.5 Å². The molecule has 0 fully saturated rings. The second-order valence-corrected chi connectivity index (χ2v) is 3.85. The van der Waals surface area contributed by atoms with Crippen molar-refractivity contribution in [3.63, 3.8) is 0 Å². The Morgan fingerprint density at radius 1 is 1.32 bits per heavy atom. The van der Waals surface area contributed by atoms with E-state index in [-0.39, 0.29) is 10.8 Å². The molecule has 8 heteroatoms. The zero-order valence-electron chi connectivity index (χ0n) is 9.52. The van der Waals surface area contributed by atoms with Crippen LogP contribution in [0.5, 0.6) is 0 Å². The molecule has 2 aromatic rings. The lowest BCUT2D eigenvalue weighted by atomic mass is 10.2. The highest BCUT2D eigenvalue weighted by atomic mass is 35.5. The van der Waals surface area contributed by atoms with E-state index >= 15 is 0 Å². The third-order valence-electron chi connectivity index (χ3n) is 2.11. The normalized spacial score (nSPS) is 10.6. The number of nitro groups is 1. The third-order valence-corrected chi connectivity index (χ3v) is 2.31. The maximum absolute atomic E-state index is 10.6. The van der Waals surface area contributed by atoms with Crippen molar-refractivity contribution in [1.82, 2.24) is 10.2 Å². The summed E-state index contributed by atoms with van der Waals surface area (Å²) in [6.45, 7) is 0. The van der Waals surface area contributed by atoms with E-state index in [1.54, 1.807) is 24.3 Å². The van der Waals surface area contributed by atoms with Gasteiger partial charge in [-0.25, -0.2) is 0 Å². The molecule has 0 unspecified atom stereocenters. The minimum Gasteiger partial charge on any atom is -0.260 e. The average Bonchev–Trinajstić information content (AvgIpc) is 2.41. The minimum atomic E-state index is -0.463. The van der Waals surface area contributed by atoms with E-state index in [0.29, 0.717) is 11.4 Å². The lowest BCUT2D eigenvalue weighted by Gasteiger charge is -1.97. The highest BCUT2D eigenvalue weighted by Gasteiger charge is 2.03. The van der Waals surface area contributed by atoms with Crippen LogP contribution in [0.3, 0.4) is 0 Å². The summed E-state index contributed by atoms with van der Waals surface area (Å²) in [6, 6.07) is 9.29. The number of benzene rings is 1. The first-order valence-electron chi connectivity index (χ1n) is 5.18. The number of aromatic nitrogens is 2. The van der Waals surface area contributed by atoms with Crippen LogP contribution in [0.25, 0.3) is 0 Å². The average molecular weight is 278 g/mol. The van der Waals surface area contributed by atoms with Gasteiger partial charge in [-0.15, -0.1) is 10.2 Å². The molecule has 96 valence electrons. The largest absolute Gasteiger partial charge is 0.270 e. The highest BCUT2D eigenvalue weighted by Crippen LogP contribution is 2.11. The maximum Gasteiger partial charge on any atom is 0.270 e. The Labute approximate surface area is 113 Å². The number of hydrazone groups is 1. The number of hydrogen-bond donors (Lipinski definition) is 1. The lowest BCUT2D eigenvalue weighted by molar-refractivity contribution is -0.384. The van der Waals surface area contributed by atoms with Crippen LogP contribution in [0.2, 0.25) is 5.15 Å². The fraction of sp³-hybridized carbons (Fsp3) is 0. The minimum absolute atomic E-state index is 0.00948. The molecule has 19 heavy (non-hydrogen) atoms. The van der Waals surface area contributed by atoms with Crippen LogP contribution in [0.1, 0.15) is 5.56 Å². The number of non-ortho nitro benzene ring substituents is 1. The Bertz CT molecular complexity index is 615. The van der Waals surface area contributed by atoms with Gasteiger partial charge in [-0.2, -0.15) is 5.10 Å². The van der Waals surface area contributed by atoms with Crippen LogP contribution in [0, 0.1) is 10.1 Å². The second-order valence-electron chi connectivity index (χ2n) is 3.46. The van der Waals surface area contributed by atoms with Crippen molar-refractivity contribution < 1.29 is 4.92 Å². The van der Waals surface area contributed by atoms with Crippen molar-refractivity contribution in [3.05, 3.63) is 57.2 Å². The topological polar surface area (TPSA) is 93.3 Å². The molecule has 0 saturated heterocycles. The van der Waals surface area contributed by atoms with Crippen molar-refractivity contribution >= 4 is 29.3 Å². The maximum atomic E-state index is 10.6. The molecule has 0 aliphatic carbocycles. The molecule has 1 heterocycles. The van der Waals surface area contributed by atoms with Gasteiger partial charge in [0.05, 0.1) is 11.1 Å². The third kappa shape index (κ3) is 3.71. The summed E-state index contributed by atoms with van der Waals surface area (Å²) in [5.74, 6) is 0.422. The molecule has 1 aromatic carbocycles. The Balaban J connectivity index is 2.04. The first-order valence-corrected chi connectivity index (χ1v) is 5.56. The van der Waals surface area contributed by atoms with Crippen molar-refractivity contribution in [3.8, 4) is 0 Å². The van der Waals surface area contributed by atoms with E-state index in [2.05, 4.69) is 20.7 Å². The Morgan fingerprint density at radius 2 is 2.16 bits per heavy atom. The first-order chi connectivity index (χ1) is 9.15. The summed E-state index contributed by atoms with van der Waals surface area (Å²) in [4.78, 5) is 10.1. The van der Waals surface area contributed by atoms with Crippen LogP contribution < -0.4 is 5.43 Å². The van der Waals surface area contributed by atoms with Gasteiger partial charge in [0.15, 0.2) is 11.0 Å². The summed E-state index contributed by atoms with van der Waals surface area (Å²) < 4.78 is 0. The van der Waals surface area contributed by atoms with Gasteiger partial charge in [-0.1, -0.05) is 23.7 Å². The van der Waals surface area contributed by atoms with Gasteiger partial charge in [0.1, 0.15) is 0 Å². The Hall–Kier alpha value is -2.54. The molecule has 1 N–H and O–H groups in total. The molecular formula is C11H8ClN5O2. The summed E-state index contributed by atoms with van der Waals surface area (Å²) in [6.07, 6.45) is 1.45. The van der Waals surface area contributed by atoms with Crippen molar-refractivity contribution in [2.45, 2.75) is 0 Å². The number of hydrogen-bond acceptors (Lipinski definition) is 6. The summed E-state index contributed by atoms with van der Waals surface area (Å²) in [5, 5.41) is 22.2. The molecule has 0 radical (unpaired) electrons. The van der Waals surface area contributed by atoms with Gasteiger partial charge in [0.2, 0.25) is 0 Å². The van der Waals surface area contributed by atoms with Gasteiger partial charge in [0.25, 0.3) is 5.69 Å². The number of anilines is 1. The number of nitrogens with zero attached hydrogens (tertiary/aromatic N) is 4. The molecule has 0 aliphatic heterocycles. The quantitative estimate of drug-likeness (QED) is 0.526. The van der Waals surface area contributed by atoms with Crippen molar-refractivity contribution in [2.24, 2.45) is 5.10 Å². The van der Waals surface area contributed by atoms with Crippen LogP contribution >= 0.6 is 11.6 Å². The second kappa shape index (κ2) is 5.87. The summed E-state index contributed by atoms with van der Waals surface area (Å²) in [5.41, 5.74) is 3.25. The predicted molar refractivity (Wildman–Crippen MR) is 71.4 cm³/mol. The number of nitro benzene ring substituents is 1. The number of nitrogens with one attached hydrogen (secondary N) is 1. The number of halogens is 1. The van der Waals surface area contributed by atoms with Gasteiger partial charge in [-0.05, 0) is 12.1 Å². The van der Waals surface area contributed by atoms with E-state index in [0.717, 1.165) is 0 Å². The summed E-state index contributed by atoms with van der Waals surface area (Å²) >= 11 is 5.59. The smallest absolute Gasteiger partial charge is 0.260 e. The molecule has 0 amide bonds.